The second kappa shape index (κ2) is 6.12. The fourth-order valence-electron chi connectivity index (χ4n) is 2.32. The van der Waals surface area contributed by atoms with Crippen LogP contribution < -0.4 is 10.1 Å². The van der Waals surface area contributed by atoms with Crippen molar-refractivity contribution in [1.29, 1.82) is 0 Å². The normalized spacial score (nSPS) is 10.7. The number of aryl methyl sites for hydroxylation is 3. The van der Waals surface area contributed by atoms with Gasteiger partial charge in [0, 0.05) is 12.6 Å². The van der Waals surface area contributed by atoms with Gasteiger partial charge in [0.05, 0.1) is 0 Å². The molecule has 2 aromatic carbocycles. The van der Waals surface area contributed by atoms with Gasteiger partial charge in [-0.25, -0.2) is 4.98 Å². The Balaban J connectivity index is 1.65. The number of fused-ring (bicyclic) bond motifs is 1. The third kappa shape index (κ3) is 3.51. The van der Waals surface area contributed by atoms with E-state index in [1.54, 1.807) is 25.1 Å². The van der Waals surface area contributed by atoms with Crippen molar-refractivity contribution in [2.75, 3.05) is 11.9 Å². The molecule has 3 rings (SSSR count). The Morgan fingerprint density at radius 1 is 1.17 bits per heavy atom. The zero-order valence-corrected chi connectivity index (χ0v) is 13.3. The third-order valence-corrected chi connectivity index (χ3v) is 3.48. The SMILES string of the molecule is Cc1ccc(C)c(OCC(=O)Nc2ccc3oc(C)nc3c2)c1. The summed E-state index contributed by atoms with van der Waals surface area (Å²) in [6.07, 6.45) is 0. The van der Waals surface area contributed by atoms with Gasteiger partial charge in [-0.05, 0) is 49.2 Å². The fourth-order valence-corrected chi connectivity index (χ4v) is 2.32. The molecule has 0 aliphatic carbocycles. The van der Waals surface area contributed by atoms with E-state index >= 15 is 0 Å². The maximum atomic E-state index is 12.0. The van der Waals surface area contributed by atoms with Gasteiger partial charge >= 0.3 is 0 Å². The molecule has 0 spiro atoms. The Bertz CT molecular complexity index is 868. The minimum absolute atomic E-state index is 0.0415. The monoisotopic (exact) mass is 310 g/mol. The summed E-state index contributed by atoms with van der Waals surface area (Å²) in [5.74, 6) is 1.11. The molecule has 0 aliphatic rings. The summed E-state index contributed by atoms with van der Waals surface area (Å²) in [5.41, 5.74) is 4.18. The highest BCUT2D eigenvalue weighted by atomic mass is 16.5. The van der Waals surface area contributed by atoms with Crippen LogP contribution in [0.15, 0.2) is 40.8 Å². The number of nitrogens with zero attached hydrogens (tertiary/aromatic N) is 1. The summed E-state index contributed by atoms with van der Waals surface area (Å²) in [5, 5.41) is 2.80. The first-order valence-electron chi connectivity index (χ1n) is 7.38. The second-order valence-electron chi connectivity index (χ2n) is 5.52. The number of hydrogen-bond acceptors (Lipinski definition) is 4. The Kier molecular flexibility index (Phi) is 4.02. The number of ether oxygens (including phenoxy) is 1. The van der Waals surface area contributed by atoms with Crippen LogP contribution in [-0.4, -0.2) is 17.5 Å². The van der Waals surface area contributed by atoms with Crippen molar-refractivity contribution in [3.8, 4) is 5.75 Å². The number of aromatic nitrogens is 1. The molecule has 3 aromatic rings. The molecule has 5 nitrogen and oxygen atoms in total. The molecule has 5 heteroatoms. The standard InChI is InChI=1S/C18H18N2O3/c1-11-4-5-12(2)17(8-11)22-10-18(21)20-14-6-7-16-15(9-14)19-13(3)23-16/h4-9H,10H2,1-3H3,(H,20,21). The summed E-state index contributed by atoms with van der Waals surface area (Å²) < 4.78 is 11.0. The van der Waals surface area contributed by atoms with Crippen LogP contribution in [0.4, 0.5) is 5.69 Å². The first kappa shape index (κ1) is 15.1. The lowest BCUT2D eigenvalue weighted by molar-refractivity contribution is -0.118. The van der Waals surface area contributed by atoms with E-state index in [0.29, 0.717) is 17.2 Å². The van der Waals surface area contributed by atoms with Gasteiger partial charge in [0.15, 0.2) is 18.1 Å². The fraction of sp³-hybridized carbons (Fsp3) is 0.222. The lowest BCUT2D eigenvalue weighted by Crippen LogP contribution is -2.20. The lowest BCUT2D eigenvalue weighted by atomic mass is 10.1. The molecular formula is C18H18N2O3. The number of anilines is 1. The number of carbonyl (C=O) groups excluding carboxylic acids is 1. The summed E-state index contributed by atoms with van der Waals surface area (Å²) in [6.45, 7) is 5.69. The quantitative estimate of drug-likeness (QED) is 0.796. The smallest absolute Gasteiger partial charge is 0.262 e. The van der Waals surface area contributed by atoms with Crippen molar-refractivity contribution in [3.63, 3.8) is 0 Å². The lowest BCUT2D eigenvalue weighted by Gasteiger charge is -2.10. The van der Waals surface area contributed by atoms with Gasteiger partial charge in [0.1, 0.15) is 11.3 Å². The van der Waals surface area contributed by atoms with E-state index in [1.807, 2.05) is 32.0 Å². The molecule has 0 saturated heterocycles. The molecule has 1 amide bonds. The average molecular weight is 310 g/mol. The van der Waals surface area contributed by atoms with Crippen molar-refractivity contribution >= 4 is 22.7 Å². The van der Waals surface area contributed by atoms with Crippen LogP contribution in [0.1, 0.15) is 17.0 Å². The molecule has 0 saturated carbocycles. The number of rotatable bonds is 4. The molecule has 0 radical (unpaired) electrons. The van der Waals surface area contributed by atoms with Crippen LogP contribution in [0.5, 0.6) is 5.75 Å². The van der Waals surface area contributed by atoms with Crippen molar-refractivity contribution < 1.29 is 13.9 Å². The highest BCUT2D eigenvalue weighted by molar-refractivity contribution is 5.93. The van der Waals surface area contributed by atoms with Crippen LogP contribution in [0.25, 0.3) is 11.1 Å². The van der Waals surface area contributed by atoms with Gasteiger partial charge in [0.2, 0.25) is 0 Å². The van der Waals surface area contributed by atoms with Crippen LogP contribution in [0, 0.1) is 20.8 Å². The molecular weight excluding hydrogens is 292 g/mol. The number of amides is 1. The van der Waals surface area contributed by atoms with E-state index in [0.717, 1.165) is 22.4 Å². The zero-order valence-electron chi connectivity index (χ0n) is 13.3. The Labute approximate surface area is 134 Å². The van der Waals surface area contributed by atoms with Gasteiger partial charge in [-0.15, -0.1) is 0 Å². The first-order valence-corrected chi connectivity index (χ1v) is 7.38. The maximum Gasteiger partial charge on any atom is 0.262 e. The van der Waals surface area contributed by atoms with Crippen molar-refractivity contribution in [2.24, 2.45) is 0 Å². The van der Waals surface area contributed by atoms with Crippen molar-refractivity contribution in [1.82, 2.24) is 4.98 Å². The summed E-state index contributed by atoms with van der Waals surface area (Å²) in [4.78, 5) is 16.3. The van der Waals surface area contributed by atoms with E-state index in [1.165, 1.54) is 0 Å². The number of nitrogens with one attached hydrogen (secondary N) is 1. The van der Waals surface area contributed by atoms with Gasteiger partial charge in [0.25, 0.3) is 5.91 Å². The second-order valence-corrected chi connectivity index (χ2v) is 5.52. The number of carbonyl (C=O) groups is 1. The van der Waals surface area contributed by atoms with Crippen molar-refractivity contribution in [2.45, 2.75) is 20.8 Å². The summed E-state index contributed by atoms with van der Waals surface area (Å²) in [6, 6.07) is 11.3. The average Bonchev–Trinajstić information content (AvgIpc) is 2.87. The molecule has 0 unspecified atom stereocenters. The molecule has 23 heavy (non-hydrogen) atoms. The van der Waals surface area contributed by atoms with E-state index in [-0.39, 0.29) is 12.5 Å². The Hall–Kier alpha value is -2.82. The van der Waals surface area contributed by atoms with E-state index < -0.39 is 0 Å². The maximum absolute atomic E-state index is 12.0. The van der Waals surface area contributed by atoms with Gasteiger partial charge in [-0.1, -0.05) is 12.1 Å². The topological polar surface area (TPSA) is 64.4 Å². The largest absolute Gasteiger partial charge is 0.483 e. The highest BCUT2D eigenvalue weighted by Gasteiger charge is 2.08. The predicted molar refractivity (Wildman–Crippen MR) is 88.8 cm³/mol. The van der Waals surface area contributed by atoms with Crippen LogP contribution in [-0.2, 0) is 4.79 Å². The number of benzene rings is 2. The number of oxazole rings is 1. The van der Waals surface area contributed by atoms with Crippen LogP contribution in [0.2, 0.25) is 0 Å². The molecule has 1 aromatic heterocycles. The summed E-state index contributed by atoms with van der Waals surface area (Å²) >= 11 is 0. The van der Waals surface area contributed by atoms with Crippen LogP contribution >= 0.6 is 0 Å². The van der Waals surface area contributed by atoms with Crippen molar-refractivity contribution in [3.05, 3.63) is 53.4 Å². The minimum Gasteiger partial charge on any atom is -0.483 e. The number of hydrogen-bond donors (Lipinski definition) is 1. The molecule has 1 heterocycles. The van der Waals surface area contributed by atoms with E-state index in [2.05, 4.69) is 10.3 Å². The summed E-state index contributed by atoms with van der Waals surface area (Å²) in [7, 11) is 0. The Morgan fingerprint density at radius 2 is 2.00 bits per heavy atom. The molecule has 118 valence electrons. The first-order chi connectivity index (χ1) is 11.0. The van der Waals surface area contributed by atoms with Gasteiger partial charge in [-0.2, -0.15) is 0 Å². The highest BCUT2D eigenvalue weighted by Crippen LogP contribution is 2.21. The van der Waals surface area contributed by atoms with Gasteiger partial charge in [-0.3, -0.25) is 4.79 Å². The molecule has 0 atom stereocenters. The van der Waals surface area contributed by atoms with E-state index in [4.69, 9.17) is 9.15 Å². The van der Waals surface area contributed by atoms with Crippen LogP contribution in [0.3, 0.4) is 0 Å². The van der Waals surface area contributed by atoms with Gasteiger partial charge < -0.3 is 14.5 Å². The predicted octanol–water partition coefficient (Wildman–Crippen LogP) is 3.77. The molecule has 0 bridgehead atoms. The van der Waals surface area contributed by atoms with E-state index in [9.17, 15) is 4.79 Å². The molecule has 1 N–H and O–H groups in total. The minimum atomic E-state index is -0.217. The zero-order chi connectivity index (χ0) is 16.4. The third-order valence-electron chi connectivity index (χ3n) is 3.48. The molecule has 0 aliphatic heterocycles. The Morgan fingerprint density at radius 3 is 2.83 bits per heavy atom. The molecule has 0 fully saturated rings.